The number of hydrogen-bond donors (Lipinski definition) is 2. The molecule has 0 unspecified atom stereocenters. The van der Waals surface area contributed by atoms with Crippen LogP contribution >= 0.6 is 0 Å². The van der Waals surface area contributed by atoms with Crippen molar-refractivity contribution >= 4 is 22.9 Å². The average Bonchev–Trinajstić information content (AvgIpc) is 3.39. The van der Waals surface area contributed by atoms with Crippen LogP contribution in [0.4, 0.5) is 11.5 Å². The van der Waals surface area contributed by atoms with Crippen molar-refractivity contribution in [2.45, 2.75) is 38.6 Å². The molecular formula is C31H33N9O3. The topological polar surface area (TPSA) is 145 Å². The molecule has 5 aromatic rings. The Morgan fingerprint density at radius 1 is 1.05 bits per heavy atom. The van der Waals surface area contributed by atoms with E-state index in [4.69, 9.17) is 5.73 Å². The van der Waals surface area contributed by atoms with Crippen molar-refractivity contribution in [2.75, 3.05) is 31.2 Å². The van der Waals surface area contributed by atoms with Crippen LogP contribution in [0.5, 0.6) is 0 Å². The van der Waals surface area contributed by atoms with E-state index in [9.17, 15) is 14.4 Å². The van der Waals surface area contributed by atoms with E-state index in [0.29, 0.717) is 17.4 Å². The van der Waals surface area contributed by atoms with Gasteiger partial charge in [0.05, 0.1) is 0 Å². The first-order valence-corrected chi connectivity index (χ1v) is 14.2. The number of nitrogens with two attached hydrogens (primary N) is 1. The van der Waals surface area contributed by atoms with Crippen molar-refractivity contribution in [2.24, 2.45) is 0 Å². The molecule has 1 fully saturated rings. The predicted molar refractivity (Wildman–Crippen MR) is 165 cm³/mol. The Bertz CT molecular complexity index is 1920. The quantitative estimate of drug-likeness (QED) is 0.312. The summed E-state index contributed by atoms with van der Waals surface area (Å²) < 4.78 is 4.17. The smallest absolute Gasteiger partial charge is 0.337 e. The van der Waals surface area contributed by atoms with Crippen LogP contribution in [-0.4, -0.2) is 59.7 Å². The molecule has 43 heavy (non-hydrogen) atoms. The number of fused-ring (bicyclic) bond motifs is 1. The lowest BCUT2D eigenvalue weighted by molar-refractivity contribution is 0.102. The van der Waals surface area contributed by atoms with Gasteiger partial charge in [-0.15, -0.1) is 0 Å². The van der Waals surface area contributed by atoms with Crippen LogP contribution in [0, 0.1) is 0 Å². The molecule has 1 amide bonds. The fraction of sp³-hybridized carbons (Fsp3) is 0.290. The summed E-state index contributed by atoms with van der Waals surface area (Å²) >= 11 is 0. The van der Waals surface area contributed by atoms with Gasteiger partial charge in [-0.25, -0.2) is 23.8 Å². The molecule has 5 heterocycles. The summed E-state index contributed by atoms with van der Waals surface area (Å²) in [5.41, 5.74) is 9.00. The number of nitrogen functional groups attached to an aromatic ring is 1. The number of likely N-dealkylation sites (tertiary alicyclic amines) is 1. The molecule has 6 rings (SSSR count). The standard InChI is InChI=1S/C31H33N9O3/c1-19(2)38-17-24(30(42)39(31(38)43)26-6-4-5-13-33-26)29(41)36-22-9-7-20(8-10-22)23-16-25(21-11-14-37(3)15-12-21)40-27(23)28(32)34-18-35-40/h4-10,13,16-19,21H,11-12,14-15H2,1-3H3,(H,36,41)(H2,32,34,35). The third-order valence-corrected chi connectivity index (χ3v) is 7.99. The average molecular weight is 580 g/mol. The van der Waals surface area contributed by atoms with Gasteiger partial charge in [-0.3, -0.25) is 14.2 Å². The molecule has 1 aliphatic rings. The van der Waals surface area contributed by atoms with Gasteiger partial charge in [0.1, 0.15) is 23.2 Å². The summed E-state index contributed by atoms with van der Waals surface area (Å²) in [5, 5.41) is 7.33. The summed E-state index contributed by atoms with van der Waals surface area (Å²) in [5.74, 6) is 0.266. The second-order valence-electron chi connectivity index (χ2n) is 11.2. The lowest BCUT2D eigenvalue weighted by Gasteiger charge is -2.28. The van der Waals surface area contributed by atoms with Gasteiger partial charge >= 0.3 is 5.69 Å². The SMILES string of the molecule is CC(C)n1cc(C(=O)Nc2ccc(-c3cc(C4CCN(C)CC4)n4ncnc(N)c34)cc2)c(=O)n(-c2ccccn2)c1=O. The molecule has 12 nitrogen and oxygen atoms in total. The molecule has 0 radical (unpaired) electrons. The van der Waals surface area contributed by atoms with Crippen LogP contribution in [0.25, 0.3) is 22.5 Å². The van der Waals surface area contributed by atoms with Crippen LogP contribution in [0.3, 0.4) is 0 Å². The molecule has 220 valence electrons. The zero-order valence-electron chi connectivity index (χ0n) is 24.3. The highest BCUT2D eigenvalue weighted by molar-refractivity contribution is 6.04. The van der Waals surface area contributed by atoms with Gasteiger partial charge in [0.2, 0.25) is 0 Å². The molecule has 4 aromatic heterocycles. The van der Waals surface area contributed by atoms with Crippen molar-refractivity contribution in [3.05, 3.63) is 99.3 Å². The number of anilines is 2. The number of amides is 1. The van der Waals surface area contributed by atoms with E-state index >= 15 is 0 Å². The third-order valence-electron chi connectivity index (χ3n) is 7.99. The Kier molecular flexibility index (Phi) is 7.36. The summed E-state index contributed by atoms with van der Waals surface area (Å²) in [6.45, 7) is 5.64. The number of pyridine rings is 1. The number of piperidine rings is 1. The van der Waals surface area contributed by atoms with Gasteiger partial charge in [0.15, 0.2) is 5.82 Å². The molecule has 12 heteroatoms. The van der Waals surface area contributed by atoms with E-state index in [1.54, 1.807) is 44.2 Å². The van der Waals surface area contributed by atoms with E-state index in [-0.39, 0.29) is 17.4 Å². The minimum absolute atomic E-state index is 0.147. The third kappa shape index (κ3) is 5.21. The van der Waals surface area contributed by atoms with Gasteiger partial charge in [-0.2, -0.15) is 5.10 Å². The fourth-order valence-corrected chi connectivity index (χ4v) is 5.63. The van der Waals surface area contributed by atoms with Crippen molar-refractivity contribution in [3.63, 3.8) is 0 Å². The molecular weight excluding hydrogens is 546 g/mol. The van der Waals surface area contributed by atoms with Crippen molar-refractivity contribution < 1.29 is 4.79 Å². The zero-order chi connectivity index (χ0) is 30.2. The molecule has 0 atom stereocenters. The van der Waals surface area contributed by atoms with Crippen LogP contribution in [0.2, 0.25) is 0 Å². The maximum absolute atomic E-state index is 13.4. The number of aromatic nitrogens is 6. The van der Waals surface area contributed by atoms with E-state index < -0.39 is 17.2 Å². The Balaban J connectivity index is 1.32. The Labute approximate surface area is 247 Å². The normalized spacial score (nSPS) is 14.4. The van der Waals surface area contributed by atoms with Crippen LogP contribution in [-0.2, 0) is 0 Å². The van der Waals surface area contributed by atoms with Gasteiger partial charge < -0.3 is 16.0 Å². The highest BCUT2D eigenvalue weighted by Gasteiger charge is 2.25. The number of nitrogens with zero attached hydrogens (tertiary/aromatic N) is 7. The van der Waals surface area contributed by atoms with Gasteiger partial charge in [-0.05, 0) is 82.7 Å². The fourth-order valence-electron chi connectivity index (χ4n) is 5.63. The Morgan fingerprint density at radius 2 is 1.79 bits per heavy atom. The van der Waals surface area contributed by atoms with E-state index in [0.717, 1.165) is 52.8 Å². The number of hydrogen-bond acceptors (Lipinski definition) is 8. The molecule has 3 N–H and O–H groups in total. The zero-order valence-corrected chi connectivity index (χ0v) is 24.3. The molecule has 1 aromatic carbocycles. The second kappa shape index (κ2) is 11.3. The largest absolute Gasteiger partial charge is 0.382 e. The van der Waals surface area contributed by atoms with Crippen molar-refractivity contribution in [1.82, 2.24) is 33.6 Å². The van der Waals surface area contributed by atoms with Crippen LogP contribution in [0.1, 0.15) is 54.7 Å². The van der Waals surface area contributed by atoms with E-state index in [1.165, 1.54) is 23.3 Å². The van der Waals surface area contributed by atoms with Gasteiger partial charge in [-0.1, -0.05) is 18.2 Å². The maximum Gasteiger partial charge on any atom is 0.337 e. The van der Waals surface area contributed by atoms with Crippen LogP contribution in [0.15, 0.2) is 76.8 Å². The van der Waals surface area contributed by atoms with Crippen LogP contribution < -0.4 is 22.3 Å². The minimum Gasteiger partial charge on any atom is -0.382 e. The Morgan fingerprint density at radius 3 is 2.47 bits per heavy atom. The lowest BCUT2D eigenvalue weighted by atomic mass is 9.93. The number of nitrogens with one attached hydrogen (secondary N) is 1. The summed E-state index contributed by atoms with van der Waals surface area (Å²) in [6.07, 6.45) is 6.33. The molecule has 0 bridgehead atoms. The second-order valence-corrected chi connectivity index (χ2v) is 11.2. The first kappa shape index (κ1) is 28.0. The Hall–Kier alpha value is -5.10. The highest BCUT2D eigenvalue weighted by atomic mass is 16.2. The predicted octanol–water partition coefficient (Wildman–Crippen LogP) is 3.33. The molecule has 1 aliphatic heterocycles. The molecule has 0 saturated carbocycles. The molecule has 0 aliphatic carbocycles. The first-order valence-electron chi connectivity index (χ1n) is 14.2. The summed E-state index contributed by atoms with van der Waals surface area (Å²) in [4.78, 5) is 50.6. The molecule has 1 saturated heterocycles. The molecule has 0 spiro atoms. The number of carbonyl (C=O) groups excluding carboxylic acids is 1. The number of benzene rings is 1. The maximum atomic E-state index is 13.4. The highest BCUT2D eigenvalue weighted by Crippen LogP contribution is 2.36. The lowest BCUT2D eigenvalue weighted by Crippen LogP contribution is -2.43. The monoisotopic (exact) mass is 579 g/mol. The summed E-state index contributed by atoms with van der Waals surface area (Å²) in [7, 11) is 2.13. The van der Waals surface area contributed by atoms with Gasteiger partial charge in [0, 0.05) is 41.3 Å². The van der Waals surface area contributed by atoms with E-state index in [2.05, 4.69) is 38.4 Å². The van der Waals surface area contributed by atoms with Gasteiger partial charge in [0.25, 0.3) is 11.5 Å². The minimum atomic E-state index is -0.744. The number of carbonyl (C=O) groups is 1. The van der Waals surface area contributed by atoms with E-state index in [1.807, 2.05) is 16.6 Å². The van der Waals surface area contributed by atoms with Crippen molar-refractivity contribution in [3.8, 4) is 16.9 Å². The van der Waals surface area contributed by atoms with Crippen molar-refractivity contribution in [1.29, 1.82) is 0 Å². The number of rotatable bonds is 6. The summed E-state index contributed by atoms with van der Waals surface area (Å²) in [6, 6.07) is 14.1. The first-order chi connectivity index (χ1) is 20.7.